The monoisotopic (exact) mass is 216 g/mol. The SMILES string of the molecule is CCc1nc(CC)c2c(n1)CN(CC#N)C2. The van der Waals surface area contributed by atoms with Crippen molar-refractivity contribution in [1.82, 2.24) is 14.9 Å². The van der Waals surface area contributed by atoms with Gasteiger partial charge in [0.05, 0.1) is 18.3 Å². The maximum Gasteiger partial charge on any atom is 0.128 e. The van der Waals surface area contributed by atoms with E-state index in [1.54, 1.807) is 0 Å². The van der Waals surface area contributed by atoms with Crippen molar-refractivity contribution in [3.63, 3.8) is 0 Å². The lowest BCUT2D eigenvalue weighted by molar-refractivity contribution is 0.318. The van der Waals surface area contributed by atoms with E-state index in [1.807, 2.05) is 0 Å². The summed E-state index contributed by atoms with van der Waals surface area (Å²) < 4.78 is 0. The van der Waals surface area contributed by atoms with E-state index in [0.717, 1.165) is 43.1 Å². The summed E-state index contributed by atoms with van der Waals surface area (Å²) in [6.07, 6.45) is 1.82. The fourth-order valence-electron chi connectivity index (χ4n) is 2.11. The molecule has 0 N–H and O–H groups in total. The first-order valence-electron chi connectivity index (χ1n) is 5.75. The van der Waals surface area contributed by atoms with Crippen molar-refractivity contribution in [2.45, 2.75) is 39.8 Å². The third kappa shape index (κ3) is 1.91. The van der Waals surface area contributed by atoms with E-state index in [-0.39, 0.29) is 0 Å². The standard InChI is InChI=1S/C12H16N4/c1-3-10-9-7-16(6-5-13)8-11(9)15-12(4-2)14-10/h3-4,6-8H2,1-2H3. The van der Waals surface area contributed by atoms with Crippen molar-refractivity contribution in [3.8, 4) is 6.07 Å². The summed E-state index contributed by atoms with van der Waals surface area (Å²) >= 11 is 0. The number of rotatable bonds is 3. The molecule has 0 fully saturated rings. The minimum absolute atomic E-state index is 0.473. The van der Waals surface area contributed by atoms with Crippen LogP contribution >= 0.6 is 0 Å². The zero-order valence-corrected chi connectivity index (χ0v) is 9.82. The number of nitriles is 1. The molecule has 0 saturated carbocycles. The topological polar surface area (TPSA) is 52.8 Å². The smallest absolute Gasteiger partial charge is 0.128 e. The van der Waals surface area contributed by atoms with Gasteiger partial charge in [0.15, 0.2) is 0 Å². The van der Waals surface area contributed by atoms with E-state index >= 15 is 0 Å². The molecule has 0 bridgehead atoms. The van der Waals surface area contributed by atoms with E-state index < -0.39 is 0 Å². The number of aryl methyl sites for hydroxylation is 2. The molecule has 1 aromatic heterocycles. The van der Waals surface area contributed by atoms with Gasteiger partial charge in [-0.15, -0.1) is 0 Å². The van der Waals surface area contributed by atoms with Gasteiger partial charge in [-0.2, -0.15) is 5.26 Å². The van der Waals surface area contributed by atoms with Gasteiger partial charge in [0.25, 0.3) is 0 Å². The number of nitrogens with zero attached hydrogens (tertiary/aromatic N) is 4. The summed E-state index contributed by atoms with van der Waals surface area (Å²) in [6, 6.07) is 2.19. The summed E-state index contributed by atoms with van der Waals surface area (Å²) in [4.78, 5) is 11.2. The predicted molar refractivity (Wildman–Crippen MR) is 60.5 cm³/mol. The van der Waals surface area contributed by atoms with Gasteiger partial charge in [0.2, 0.25) is 0 Å². The summed E-state index contributed by atoms with van der Waals surface area (Å²) in [5.74, 6) is 0.925. The minimum atomic E-state index is 0.473. The van der Waals surface area contributed by atoms with Crippen LogP contribution < -0.4 is 0 Å². The van der Waals surface area contributed by atoms with Gasteiger partial charge >= 0.3 is 0 Å². The van der Waals surface area contributed by atoms with Crippen LogP contribution in [0.2, 0.25) is 0 Å². The molecular formula is C12H16N4. The number of hydrogen-bond donors (Lipinski definition) is 0. The van der Waals surface area contributed by atoms with E-state index in [0.29, 0.717) is 6.54 Å². The van der Waals surface area contributed by atoms with Crippen molar-refractivity contribution >= 4 is 0 Å². The third-order valence-corrected chi connectivity index (χ3v) is 2.93. The third-order valence-electron chi connectivity index (χ3n) is 2.93. The second-order valence-corrected chi connectivity index (χ2v) is 4.02. The summed E-state index contributed by atoms with van der Waals surface area (Å²) in [5, 5.41) is 8.71. The lowest BCUT2D eigenvalue weighted by atomic mass is 10.1. The van der Waals surface area contributed by atoms with Gasteiger partial charge in [0, 0.05) is 30.8 Å². The quantitative estimate of drug-likeness (QED) is 0.717. The molecule has 0 radical (unpaired) electrons. The minimum Gasteiger partial charge on any atom is -0.280 e. The maximum absolute atomic E-state index is 8.71. The lowest BCUT2D eigenvalue weighted by Crippen LogP contribution is -2.16. The van der Waals surface area contributed by atoms with E-state index in [4.69, 9.17) is 5.26 Å². The summed E-state index contributed by atoms with van der Waals surface area (Å²) in [7, 11) is 0. The molecule has 0 aliphatic carbocycles. The molecular weight excluding hydrogens is 200 g/mol. The van der Waals surface area contributed by atoms with Crippen molar-refractivity contribution in [2.24, 2.45) is 0 Å². The lowest BCUT2D eigenvalue weighted by Gasteiger charge is -2.08. The molecule has 2 heterocycles. The van der Waals surface area contributed by atoms with E-state index in [9.17, 15) is 0 Å². The molecule has 1 aliphatic rings. The van der Waals surface area contributed by atoms with Gasteiger partial charge in [-0.25, -0.2) is 9.97 Å². The van der Waals surface area contributed by atoms with Crippen molar-refractivity contribution < 1.29 is 0 Å². The zero-order chi connectivity index (χ0) is 11.5. The Morgan fingerprint density at radius 1 is 1.25 bits per heavy atom. The van der Waals surface area contributed by atoms with Crippen LogP contribution in [0.25, 0.3) is 0 Å². The van der Waals surface area contributed by atoms with Crippen LogP contribution in [0.3, 0.4) is 0 Å². The average molecular weight is 216 g/mol. The maximum atomic E-state index is 8.71. The predicted octanol–water partition coefficient (Wildman–Crippen LogP) is 1.44. The fraction of sp³-hybridized carbons (Fsp3) is 0.583. The van der Waals surface area contributed by atoms with Crippen LogP contribution in [-0.2, 0) is 25.9 Å². The Kier molecular flexibility index (Phi) is 3.16. The molecule has 0 spiro atoms. The highest BCUT2D eigenvalue weighted by atomic mass is 15.2. The molecule has 0 unspecified atom stereocenters. The molecule has 84 valence electrons. The highest BCUT2D eigenvalue weighted by Crippen LogP contribution is 2.23. The normalized spacial score (nSPS) is 14.8. The van der Waals surface area contributed by atoms with Crippen molar-refractivity contribution in [3.05, 3.63) is 22.8 Å². The molecule has 0 aromatic carbocycles. The Morgan fingerprint density at radius 3 is 2.69 bits per heavy atom. The van der Waals surface area contributed by atoms with Crippen molar-refractivity contribution in [1.29, 1.82) is 5.26 Å². The summed E-state index contributed by atoms with van der Waals surface area (Å²) in [5.41, 5.74) is 3.52. The Morgan fingerprint density at radius 2 is 2.06 bits per heavy atom. The van der Waals surface area contributed by atoms with Crippen LogP contribution in [0.15, 0.2) is 0 Å². The highest BCUT2D eigenvalue weighted by molar-refractivity contribution is 5.29. The zero-order valence-electron chi connectivity index (χ0n) is 9.82. The Bertz CT molecular complexity index is 433. The van der Waals surface area contributed by atoms with Crippen LogP contribution in [0.1, 0.15) is 36.6 Å². The highest BCUT2D eigenvalue weighted by Gasteiger charge is 2.23. The van der Waals surface area contributed by atoms with Crippen LogP contribution in [0.4, 0.5) is 0 Å². The molecule has 0 atom stereocenters. The Labute approximate surface area is 95.9 Å². The van der Waals surface area contributed by atoms with Crippen LogP contribution in [0, 0.1) is 11.3 Å². The number of hydrogen-bond acceptors (Lipinski definition) is 4. The first-order chi connectivity index (χ1) is 7.78. The molecule has 1 aromatic rings. The van der Waals surface area contributed by atoms with Crippen molar-refractivity contribution in [2.75, 3.05) is 6.54 Å². The Balaban J connectivity index is 2.33. The first kappa shape index (κ1) is 11.0. The number of fused-ring (bicyclic) bond motifs is 1. The van der Waals surface area contributed by atoms with E-state index in [1.165, 1.54) is 5.56 Å². The van der Waals surface area contributed by atoms with Gasteiger partial charge in [-0.3, -0.25) is 4.90 Å². The first-order valence-corrected chi connectivity index (χ1v) is 5.75. The van der Waals surface area contributed by atoms with E-state index in [2.05, 4.69) is 34.8 Å². The molecule has 4 heteroatoms. The van der Waals surface area contributed by atoms with Gasteiger partial charge in [-0.05, 0) is 6.42 Å². The Hall–Kier alpha value is -1.47. The molecule has 2 rings (SSSR count). The van der Waals surface area contributed by atoms with Crippen LogP contribution in [-0.4, -0.2) is 21.4 Å². The van der Waals surface area contributed by atoms with Gasteiger partial charge in [0.1, 0.15) is 5.82 Å². The van der Waals surface area contributed by atoms with Gasteiger partial charge in [-0.1, -0.05) is 13.8 Å². The average Bonchev–Trinajstić information content (AvgIpc) is 2.70. The summed E-state index contributed by atoms with van der Waals surface area (Å²) in [6.45, 7) is 6.29. The number of aromatic nitrogens is 2. The molecule has 16 heavy (non-hydrogen) atoms. The largest absolute Gasteiger partial charge is 0.280 e. The second-order valence-electron chi connectivity index (χ2n) is 4.02. The molecule has 4 nitrogen and oxygen atoms in total. The molecule has 0 saturated heterocycles. The van der Waals surface area contributed by atoms with Gasteiger partial charge < -0.3 is 0 Å². The fourth-order valence-corrected chi connectivity index (χ4v) is 2.11. The van der Waals surface area contributed by atoms with Crippen LogP contribution in [0.5, 0.6) is 0 Å². The molecule has 1 aliphatic heterocycles. The molecule has 0 amide bonds. The second kappa shape index (κ2) is 4.58.